The molecular formula is C13H23NO2. The van der Waals surface area contributed by atoms with E-state index in [2.05, 4.69) is 0 Å². The first-order chi connectivity index (χ1) is 7.73. The molecule has 2 atom stereocenters. The molecule has 92 valence electrons. The van der Waals surface area contributed by atoms with Crippen LogP contribution in [0, 0.1) is 5.92 Å². The van der Waals surface area contributed by atoms with E-state index in [0.717, 1.165) is 39.1 Å². The highest BCUT2D eigenvalue weighted by Crippen LogP contribution is 2.47. The van der Waals surface area contributed by atoms with Crippen molar-refractivity contribution in [3.8, 4) is 0 Å². The molecule has 3 aliphatic rings. The SMILES string of the molecule is NC1(C2CCOC3(CCC3)C2)CCCOC1. The van der Waals surface area contributed by atoms with Gasteiger partial charge in [0.05, 0.1) is 12.2 Å². The van der Waals surface area contributed by atoms with E-state index in [1.807, 2.05) is 0 Å². The third-order valence-electron chi connectivity index (χ3n) is 4.87. The lowest BCUT2D eigenvalue weighted by Crippen LogP contribution is -2.58. The van der Waals surface area contributed by atoms with Crippen LogP contribution in [-0.4, -0.2) is 31.0 Å². The van der Waals surface area contributed by atoms with E-state index >= 15 is 0 Å². The van der Waals surface area contributed by atoms with Gasteiger partial charge in [-0.25, -0.2) is 0 Å². The van der Waals surface area contributed by atoms with Crippen molar-refractivity contribution >= 4 is 0 Å². The van der Waals surface area contributed by atoms with Crippen molar-refractivity contribution in [1.82, 2.24) is 0 Å². The lowest BCUT2D eigenvalue weighted by molar-refractivity contribution is -0.159. The van der Waals surface area contributed by atoms with Crippen LogP contribution in [0.3, 0.4) is 0 Å². The van der Waals surface area contributed by atoms with Crippen LogP contribution < -0.4 is 5.73 Å². The zero-order valence-corrected chi connectivity index (χ0v) is 10.0. The van der Waals surface area contributed by atoms with Crippen molar-refractivity contribution in [3.05, 3.63) is 0 Å². The minimum Gasteiger partial charge on any atom is -0.380 e. The molecule has 2 heterocycles. The van der Waals surface area contributed by atoms with Crippen molar-refractivity contribution in [2.45, 2.75) is 56.1 Å². The number of ether oxygens (including phenoxy) is 2. The summed E-state index contributed by atoms with van der Waals surface area (Å²) in [7, 11) is 0. The maximum atomic E-state index is 6.55. The Morgan fingerprint density at radius 2 is 1.94 bits per heavy atom. The molecule has 3 fully saturated rings. The van der Waals surface area contributed by atoms with Gasteiger partial charge in [-0.15, -0.1) is 0 Å². The minimum atomic E-state index is -0.0649. The highest BCUT2D eigenvalue weighted by atomic mass is 16.5. The zero-order valence-electron chi connectivity index (χ0n) is 10.0. The van der Waals surface area contributed by atoms with Crippen molar-refractivity contribution in [1.29, 1.82) is 0 Å². The van der Waals surface area contributed by atoms with Gasteiger partial charge in [-0.1, -0.05) is 0 Å². The van der Waals surface area contributed by atoms with E-state index < -0.39 is 0 Å². The second-order valence-corrected chi connectivity index (χ2v) is 5.96. The Labute approximate surface area is 97.7 Å². The molecule has 1 spiro atoms. The van der Waals surface area contributed by atoms with Crippen LogP contribution in [0.2, 0.25) is 0 Å². The molecule has 0 aromatic heterocycles. The number of rotatable bonds is 1. The molecule has 2 unspecified atom stereocenters. The average Bonchev–Trinajstić information content (AvgIpc) is 2.28. The van der Waals surface area contributed by atoms with Gasteiger partial charge in [-0.3, -0.25) is 0 Å². The van der Waals surface area contributed by atoms with Gasteiger partial charge in [0.15, 0.2) is 0 Å². The van der Waals surface area contributed by atoms with E-state index in [0.29, 0.717) is 5.92 Å². The third kappa shape index (κ3) is 1.79. The van der Waals surface area contributed by atoms with E-state index in [9.17, 15) is 0 Å². The molecule has 0 amide bonds. The number of hydrogen-bond donors (Lipinski definition) is 1. The predicted octanol–water partition coefficient (Wildman–Crippen LogP) is 1.84. The fraction of sp³-hybridized carbons (Fsp3) is 1.00. The molecule has 0 aromatic rings. The molecule has 3 heteroatoms. The van der Waals surface area contributed by atoms with Gasteiger partial charge in [0.1, 0.15) is 0 Å². The summed E-state index contributed by atoms with van der Waals surface area (Å²) in [5.41, 5.74) is 6.70. The first-order valence-corrected chi connectivity index (χ1v) is 6.73. The summed E-state index contributed by atoms with van der Waals surface area (Å²) in [5.74, 6) is 0.613. The third-order valence-corrected chi connectivity index (χ3v) is 4.87. The van der Waals surface area contributed by atoms with Gasteiger partial charge in [-0.05, 0) is 50.9 Å². The van der Waals surface area contributed by atoms with Crippen molar-refractivity contribution < 1.29 is 9.47 Å². The molecule has 0 radical (unpaired) electrons. The monoisotopic (exact) mass is 225 g/mol. The van der Waals surface area contributed by atoms with Crippen LogP contribution in [0.5, 0.6) is 0 Å². The lowest BCUT2D eigenvalue weighted by Gasteiger charge is -2.52. The van der Waals surface area contributed by atoms with Crippen LogP contribution in [0.4, 0.5) is 0 Å². The zero-order chi connectivity index (χ0) is 11.1. The molecule has 3 nitrogen and oxygen atoms in total. The van der Waals surface area contributed by atoms with Crippen LogP contribution in [0.25, 0.3) is 0 Å². The fourth-order valence-corrected chi connectivity index (χ4v) is 3.60. The summed E-state index contributed by atoms with van der Waals surface area (Å²) in [4.78, 5) is 0. The fourth-order valence-electron chi connectivity index (χ4n) is 3.60. The highest BCUT2D eigenvalue weighted by molar-refractivity contribution is 5.02. The Bertz CT molecular complexity index is 257. The van der Waals surface area contributed by atoms with Crippen molar-refractivity contribution in [3.63, 3.8) is 0 Å². The van der Waals surface area contributed by atoms with E-state index in [1.165, 1.54) is 25.7 Å². The van der Waals surface area contributed by atoms with Gasteiger partial charge < -0.3 is 15.2 Å². The Morgan fingerprint density at radius 3 is 2.56 bits per heavy atom. The Kier molecular flexibility index (Phi) is 2.73. The molecule has 1 saturated carbocycles. The molecule has 3 rings (SSSR count). The molecule has 2 saturated heterocycles. The first-order valence-electron chi connectivity index (χ1n) is 6.73. The van der Waals surface area contributed by atoms with Crippen LogP contribution in [0.1, 0.15) is 44.9 Å². The van der Waals surface area contributed by atoms with Gasteiger partial charge in [-0.2, -0.15) is 0 Å². The van der Waals surface area contributed by atoms with E-state index in [-0.39, 0.29) is 11.1 Å². The second kappa shape index (κ2) is 3.97. The lowest BCUT2D eigenvalue weighted by atomic mass is 9.66. The summed E-state index contributed by atoms with van der Waals surface area (Å²) < 4.78 is 11.6. The molecule has 16 heavy (non-hydrogen) atoms. The smallest absolute Gasteiger partial charge is 0.0686 e. The van der Waals surface area contributed by atoms with Crippen molar-refractivity contribution in [2.24, 2.45) is 11.7 Å². The maximum absolute atomic E-state index is 6.55. The van der Waals surface area contributed by atoms with Crippen LogP contribution in [0.15, 0.2) is 0 Å². The normalized spacial score (nSPS) is 42.9. The Hall–Kier alpha value is -0.120. The largest absolute Gasteiger partial charge is 0.380 e. The van der Waals surface area contributed by atoms with Gasteiger partial charge >= 0.3 is 0 Å². The van der Waals surface area contributed by atoms with Crippen molar-refractivity contribution in [2.75, 3.05) is 19.8 Å². The van der Waals surface area contributed by atoms with Crippen LogP contribution >= 0.6 is 0 Å². The molecule has 1 aliphatic carbocycles. The average molecular weight is 225 g/mol. The highest BCUT2D eigenvalue weighted by Gasteiger charge is 2.48. The summed E-state index contributed by atoms with van der Waals surface area (Å²) in [6.45, 7) is 2.56. The summed E-state index contributed by atoms with van der Waals surface area (Å²) >= 11 is 0. The molecule has 2 N–H and O–H groups in total. The van der Waals surface area contributed by atoms with Crippen LogP contribution in [-0.2, 0) is 9.47 Å². The molecule has 0 aromatic carbocycles. The van der Waals surface area contributed by atoms with Gasteiger partial charge in [0, 0.05) is 18.8 Å². The molecular weight excluding hydrogens is 202 g/mol. The Morgan fingerprint density at radius 1 is 1.06 bits per heavy atom. The van der Waals surface area contributed by atoms with Gasteiger partial charge in [0.25, 0.3) is 0 Å². The summed E-state index contributed by atoms with van der Waals surface area (Å²) in [5, 5.41) is 0. The maximum Gasteiger partial charge on any atom is 0.0686 e. The number of nitrogens with two attached hydrogens (primary N) is 1. The minimum absolute atomic E-state index is 0.0649. The summed E-state index contributed by atoms with van der Waals surface area (Å²) in [6, 6.07) is 0. The topological polar surface area (TPSA) is 44.5 Å². The first kappa shape index (κ1) is 11.0. The number of hydrogen-bond acceptors (Lipinski definition) is 3. The standard InChI is InChI=1S/C13H23NO2/c14-13(6-2-7-15-10-13)11-3-8-16-12(9-11)4-1-5-12/h11H,1-10,14H2. The second-order valence-electron chi connectivity index (χ2n) is 5.96. The Balaban J connectivity index is 1.68. The van der Waals surface area contributed by atoms with Gasteiger partial charge in [0.2, 0.25) is 0 Å². The van der Waals surface area contributed by atoms with E-state index in [1.54, 1.807) is 0 Å². The quantitative estimate of drug-likeness (QED) is 0.740. The summed E-state index contributed by atoms with van der Waals surface area (Å²) in [6.07, 6.45) is 8.39. The predicted molar refractivity (Wildman–Crippen MR) is 62.2 cm³/mol. The van der Waals surface area contributed by atoms with E-state index in [4.69, 9.17) is 15.2 Å². The molecule has 0 bridgehead atoms. The molecule has 2 aliphatic heterocycles.